The van der Waals surface area contributed by atoms with Gasteiger partial charge < -0.3 is 10.4 Å². The van der Waals surface area contributed by atoms with Gasteiger partial charge >= 0.3 is 0 Å². The highest BCUT2D eigenvalue weighted by atomic mass is 19.3. The fourth-order valence-electron chi connectivity index (χ4n) is 1.99. The van der Waals surface area contributed by atoms with Gasteiger partial charge in [-0.25, -0.2) is 8.78 Å². The summed E-state index contributed by atoms with van der Waals surface area (Å²) in [6, 6.07) is 0.290. The molecular weight excluding hydrogens is 188 g/mol. The Morgan fingerprint density at radius 3 is 2.57 bits per heavy atom. The zero-order valence-corrected chi connectivity index (χ0v) is 8.76. The maximum atomic E-state index is 12.0. The van der Waals surface area contributed by atoms with E-state index in [9.17, 15) is 8.78 Å². The SMILES string of the molecule is CC1(C)CCC(NCC(O)C(F)F)C1. The smallest absolute Gasteiger partial charge is 0.265 e. The lowest BCUT2D eigenvalue weighted by atomic mass is 9.92. The standard InChI is InChI=1S/C10H19F2NO/c1-10(2)4-3-7(5-10)13-6-8(14)9(11)12/h7-9,13-14H,3-6H2,1-2H3. The molecule has 0 aromatic rings. The monoisotopic (exact) mass is 207 g/mol. The zero-order valence-electron chi connectivity index (χ0n) is 8.76. The van der Waals surface area contributed by atoms with E-state index in [0.29, 0.717) is 11.5 Å². The molecule has 0 bridgehead atoms. The summed E-state index contributed by atoms with van der Waals surface area (Å²) in [4.78, 5) is 0. The van der Waals surface area contributed by atoms with Gasteiger partial charge in [-0.3, -0.25) is 0 Å². The summed E-state index contributed by atoms with van der Waals surface area (Å²) in [5.74, 6) is 0. The highest BCUT2D eigenvalue weighted by molar-refractivity contribution is 4.86. The Morgan fingerprint density at radius 1 is 1.50 bits per heavy atom. The number of halogens is 2. The minimum atomic E-state index is -2.64. The van der Waals surface area contributed by atoms with E-state index >= 15 is 0 Å². The lowest BCUT2D eigenvalue weighted by molar-refractivity contribution is -0.00463. The van der Waals surface area contributed by atoms with Crippen LogP contribution in [0.2, 0.25) is 0 Å². The highest BCUT2D eigenvalue weighted by Gasteiger charge is 2.31. The second kappa shape index (κ2) is 4.53. The molecule has 0 radical (unpaired) electrons. The second-order valence-electron chi connectivity index (χ2n) is 4.91. The number of nitrogens with one attached hydrogen (secondary N) is 1. The third kappa shape index (κ3) is 3.50. The number of aliphatic hydroxyl groups is 1. The van der Waals surface area contributed by atoms with Crippen LogP contribution in [-0.4, -0.2) is 30.2 Å². The molecule has 2 unspecified atom stereocenters. The van der Waals surface area contributed by atoms with Crippen LogP contribution in [0.1, 0.15) is 33.1 Å². The average molecular weight is 207 g/mol. The molecule has 0 aromatic heterocycles. The van der Waals surface area contributed by atoms with Crippen LogP contribution in [0.5, 0.6) is 0 Å². The third-order valence-electron chi connectivity index (χ3n) is 2.88. The van der Waals surface area contributed by atoms with Crippen LogP contribution >= 0.6 is 0 Å². The quantitative estimate of drug-likeness (QED) is 0.736. The Labute approximate surface area is 83.7 Å². The molecule has 1 aliphatic carbocycles. The first kappa shape index (κ1) is 11.9. The molecule has 0 aliphatic heterocycles. The number of hydrogen-bond acceptors (Lipinski definition) is 2. The summed E-state index contributed by atoms with van der Waals surface area (Å²) in [5, 5.41) is 11.9. The lowest BCUT2D eigenvalue weighted by Gasteiger charge is -2.19. The summed E-state index contributed by atoms with van der Waals surface area (Å²) < 4.78 is 23.9. The Morgan fingerprint density at radius 2 is 2.14 bits per heavy atom. The Kier molecular flexibility index (Phi) is 3.84. The van der Waals surface area contributed by atoms with E-state index in [2.05, 4.69) is 19.2 Å². The van der Waals surface area contributed by atoms with Crippen LogP contribution in [-0.2, 0) is 0 Å². The number of aliphatic hydroxyl groups excluding tert-OH is 1. The van der Waals surface area contributed by atoms with E-state index in [0.717, 1.165) is 19.3 Å². The van der Waals surface area contributed by atoms with Gasteiger partial charge in [0, 0.05) is 12.6 Å². The van der Waals surface area contributed by atoms with E-state index in [1.807, 2.05) is 0 Å². The number of alkyl halides is 2. The average Bonchev–Trinajstić information content (AvgIpc) is 2.41. The van der Waals surface area contributed by atoms with Gasteiger partial charge in [0.2, 0.25) is 0 Å². The van der Waals surface area contributed by atoms with E-state index in [1.54, 1.807) is 0 Å². The van der Waals surface area contributed by atoms with Crippen LogP contribution < -0.4 is 5.32 Å². The summed E-state index contributed by atoms with van der Waals surface area (Å²) in [7, 11) is 0. The first-order valence-electron chi connectivity index (χ1n) is 5.10. The summed E-state index contributed by atoms with van der Waals surface area (Å²) in [6.07, 6.45) is -1.03. The molecule has 2 N–H and O–H groups in total. The third-order valence-corrected chi connectivity index (χ3v) is 2.88. The van der Waals surface area contributed by atoms with Gasteiger partial charge in [-0.2, -0.15) is 0 Å². The molecule has 0 aromatic carbocycles. The summed E-state index contributed by atoms with van der Waals surface area (Å²) >= 11 is 0. The topological polar surface area (TPSA) is 32.3 Å². The maximum absolute atomic E-state index is 12.0. The first-order valence-corrected chi connectivity index (χ1v) is 5.10. The van der Waals surface area contributed by atoms with Gasteiger partial charge in [0.25, 0.3) is 6.43 Å². The van der Waals surface area contributed by atoms with E-state index in [4.69, 9.17) is 5.11 Å². The normalized spacial score (nSPS) is 28.3. The van der Waals surface area contributed by atoms with Gasteiger partial charge in [0.15, 0.2) is 0 Å². The predicted octanol–water partition coefficient (Wildman–Crippen LogP) is 1.78. The van der Waals surface area contributed by atoms with Crippen molar-refractivity contribution >= 4 is 0 Å². The fraction of sp³-hybridized carbons (Fsp3) is 1.00. The molecule has 0 heterocycles. The number of hydrogen-bond donors (Lipinski definition) is 2. The van der Waals surface area contributed by atoms with Gasteiger partial charge in [0.1, 0.15) is 6.10 Å². The molecule has 1 rings (SSSR count). The number of rotatable bonds is 4. The minimum Gasteiger partial charge on any atom is -0.386 e. The molecule has 0 spiro atoms. The van der Waals surface area contributed by atoms with Crippen molar-refractivity contribution in [2.24, 2.45) is 5.41 Å². The molecule has 1 saturated carbocycles. The highest BCUT2D eigenvalue weighted by Crippen LogP contribution is 2.36. The largest absolute Gasteiger partial charge is 0.386 e. The molecule has 0 saturated heterocycles. The van der Waals surface area contributed by atoms with Crippen molar-refractivity contribution in [3.63, 3.8) is 0 Å². The van der Waals surface area contributed by atoms with Crippen molar-refractivity contribution in [3.05, 3.63) is 0 Å². The molecule has 0 amide bonds. The predicted molar refractivity (Wildman–Crippen MR) is 51.4 cm³/mol. The fourth-order valence-corrected chi connectivity index (χ4v) is 1.99. The zero-order chi connectivity index (χ0) is 10.8. The summed E-state index contributed by atoms with van der Waals surface area (Å²) in [6.45, 7) is 4.36. The molecule has 2 nitrogen and oxygen atoms in total. The molecule has 2 atom stereocenters. The maximum Gasteiger partial charge on any atom is 0.265 e. The van der Waals surface area contributed by atoms with Crippen molar-refractivity contribution in [1.82, 2.24) is 5.32 Å². The van der Waals surface area contributed by atoms with Crippen LogP contribution in [0.4, 0.5) is 8.78 Å². The van der Waals surface area contributed by atoms with Crippen molar-refractivity contribution in [3.8, 4) is 0 Å². The summed E-state index contributed by atoms with van der Waals surface area (Å²) in [5.41, 5.74) is 0.313. The van der Waals surface area contributed by atoms with Crippen LogP contribution in [0.3, 0.4) is 0 Å². The molecule has 4 heteroatoms. The van der Waals surface area contributed by atoms with Crippen LogP contribution in [0, 0.1) is 5.41 Å². The molecule has 84 valence electrons. The van der Waals surface area contributed by atoms with Crippen molar-refractivity contribution in [2.75, 3.05) is 6.54 Å². The molecule has 14 heavy (non-hydrogen) atoms. The first-order chi connectivity index (χ1) is 6.41. The van der Waals surface area contributed by atoms with E-state index in [1.165, 1.54) is 0 Å². The Bertz CT molecular complexity index is 185. The molecule has 1 aliphatic rings. The second-order valence-corrected chi connectivity index (χ2v) is 4.91. The molecular formula is C10H19F2NO. The van der Waals surface area contributed by atoms with Crippen molar-refractivity contribution in [1.29, 1.82) is 0 Å². The van der Waals surface area contributed by atoms with Gasteiger partial charge in [-0.15, -0.1) is 0 Å². The lowest BCUT2D eigenvalue weighted by Crippen LogP contribution is -2.37. The van der Waals surface area contributed by atoms with Gasteiger partial charge in [-0.05, 0) is 24.7 Å². The molecule has 1 fully saturated rings. The van der Waals surface area contributed by atoms with Crippen LogP contribution in [0.15, 0.2) is 0 Å². The van der Waals surface area contributed by atoms with Gasteiger partial charge in [-0.1, -0.05) is 13.8 Å². The van der Waals surface area contributed by atoms with Crippen molar-refractivity contribution < 1.29 is 13.9 Å². The Hall–Kier alpha value is -0.220. The van der Waals surface area contributed by atoms with Crippen molar-refractivity contribution in [2.45, 2.75) is 51.7 Å². The van der Waals surface area contributed by atoms with Gasteiger partial charge in [0.05, 0.1) is 0 Å². The Balaban J connectivity index is 2.21. The minimum absolute atomic E-state index is 0.00157. The van der Waals surface area contributed by atoms with Crippen LogP contribution in [0.25, 0.3) is 0 Å². The van der Waals surface area contributed by atoms with E-state index in [-0.39, 0.29) is 6.54 Å². The van der Waals surface area contributed by atoms with E-state index < -0.39 is 12.5 Å².